The Morgan fingerprint density at radius 1 is 0.512 bits per heavy atom. The van der Waals surface area contributed by atoms with Crippen LogP contribution in [0.4, 0.5) is 0 Å². The summed E-state index contributed by atoms with van der Waals surface area (Å²) in [5, 5.41) is 0. The van der Waals surface area contributed by atoms with Gasteiger partial charge in [0.25, 0.3) is 0 Å². The van der Waals surface area contributed by atoms with E-state index in [4.69, 9.17) is 4.98 Å². The van der Waals surface area contributed by atoms with Gasteiger partial charge in [-0.05, 0) is 74.8 Å². The highest BCUT2D eigenvalue weighted by Crippen LogP contribution is 2.43. The topological polar surface area (TPSA) is 17.8 Å². The highest BCUT2D eigenvalue weighted by Gasteiger charge is 2.21. The van der Waals surface area contributed by atoms with Crippen LogP contribution in [0.3, 0.4) is 0 Å². The summed E-state index contributed by atoms with van der Waals surface area (Å²) < 4.78 is 2.34. The first-order chi connectivity index (χ1) is 20.3. The maximum atomic E-state index is 4.93. The van der Waals surface area contributed by atoms with E-state index in [0.29, 0.717) is 0 Å². The molecule has 0 fully saturated rings. The van der Waals surface area contributed by atoms with E-state index < -0.39 is 0 Å². The average Bonchev–Trinajstić information content (AvgIpc) is 3.44. The number of imidazole rings is 1. The van der Waals surface area contributed by atoms with Crippen LogP contribution >= 0.6 is 11.8 Å². The molecule has 8 rings (SSSR count). The predicted octanol–water partition coefficient (Wildman–Crippen LogP) is 10.3. The summed E-state index contributed by atoms with van der Waals surface area (Å²) in [6.07, 6.45) is 0. The molecule has 2 nitrogen and oxygen atoms in total. The zero-order valence-electron chi connectivity index (χ0n) is 22.4. The Balaban J connectivity index is 1.30. The van der Waals surface area contributed by atoms with Gasteiger partial charge in [0.2, 0.25) is 0 Å². The van der Waals surface area contributed by atoms with Crippen molar-refractivity contribution in [2.24, 2.45) is 0 Å². The molecule has 1 aliphatic heterocycles. The molecule has 7 aromatic rings. The van der Waals surface area contributed by atoms with Crippen molar-refractivity contribution in [2.45, 2.75) is 10.6 Å². The Hall–Kier alpha value is -4.86. The number of para-hydroxylation sites is 2. The lowest BCUT2D eigenvalue weighted by Crippen LogP contribution is -2.06. The van der Waals surface area contributed by atoms with E-state index in [-0.39, 0.29) is 0 Å². The van der Waals surface area contributed by atoms with Crippen LogP contribution in [0.2, 0.25) is 0 Å². The van der Waals surface area contributed by atoms with Gasteiger partial charge in [0.1, 0.15) is 5.82 Å². The smallest absolute Gasteiger partial charge is 0.124 e. The van der Waals surface area contributed by atoms with Gasteiger partial charge in [-0.2, -0.15) is 0 Å². The quantitative estimate of drug-likeness (QED) is 0.220. The zero-order chi connectivity index (χ0) is 27.2. The molecule has 3 heteroatoms. The molecule has 41 heavy (non-hydrogen) atoms. The van der Waals surface area contributed by atoms with Crippen molar-refractivity contribution >= 4 is 22.8 Å². The number of benzene rings is 6. The molecule has 6 aromatic carbocycles. The van der Waals surface area contributed by atoms with Gasteiger partial charge in [0.05, 0.1) is 22.5 Å². The Labute approximate surface area is 244 Å². The number of hydrogen-bond donors (Lipinski definition) is 0. The Morgan fingerprint density at radius 3 is 1.88 bits per heavy atom. The van der Waals surface area contributed by atoms with Crippen molar-refractivity contribution in [1.82, 2.24) is 9.55 Å². The fourth-order valence-corrected chi connectivity index (χ4v) is 6.95. The second kappa shape index (κ2) is 9.96. The lowest BCUT2D eigenvalue weighted by molar-refractivity contribution is 0.946. The molecule has 0 amide bonds. The summed E-state index contributed by atoms with van der Waals surface area (Å²) in [4.78, 5) is 6.22. The maximum Gasteiger partial charge on any atom is 0.124 e. The van der Waals surface area contributed by atoms with Gasteiger partial charge >= 0.3 is 0 Å². The molecule has 0 unspecified atom stereocenters. The third-order valence-corrected chi connectivity index (χ3v) is 8.96. The number of nitrogens with zero attached hydrogens (tertiary/aromatic N) is 2. The third kappa shape index (κ3) is 4.18. The fourth-order valence-electron chi connectivity index (χ4n) is 6.01. The van der Waals surface area contributed by atoms with Crippen LogP contribution in [-0.2, 0) is 5.75 Å². The van der Waals surface area contributed by atoms with Crippen molar-refractivity contribution in [1.29, 1.82) is 0 Å². The monoisotopic (exact) mass is 542 g/mol. The minimum absolute atomic E-state index is 0.884. The van der Waals surface area contributed by atoms with Crippen molar-refractivity contribution in [3.05, 3.63) is 151 Å². The molecule has 0 saturated carbocycles. The first-order valence-electron chi connectivity index (χ1n) is 13.9. The largest absolute Gasteiger partial charge is 0.294 e. The summed E-state index contributed by atoms with van der Waals surface area (Å²) in [7, 11) is 0. The van der Waals surface area contributed by atoms with Gasteiger partial charge in [-0.1, -0.05) is 115 Å². The molecule has 0 N–H and O–H groups in total. The van der Waals surface area contributed by atoms with E-state index in [9.17, 15) is 0 Å². The van der Waals surface area contributed by atoms with E-state index >= 15 is 0 Å². The van der Waals surface area contributed by atoms with Gasteiger partial charge in [0, 0.05) is 4.90 Å². The first kappa shape index (κ1) is 24.0. The van der Waals surface area contributed by atoms with Gasteiger partial charge in [0.15, 0.2) is 0 Å². The number of fused-ring (bicyclic) bond motifs is 5. The molecule has 0 spiro atoms. The van der Waals surface area contributed by atoms with Gasteiger partial charge in [-0.25, -0.2) is 4.98 Å². The Bertz CT molecular complexity index is 1980. The molecular weight excluding hydrogens is 516 g/mol. The molecule has 1 aromatic heterocycles. The van der Waals surface area contributed by atoms with Crippen LogP contribution < -0.4 is 0 Å². The van der Waals surface area contributed by atoms with Gasteiger partial charge < -0.3 is 0 Å². The minimum atomic E-state index is 0.884. The molecule has 194 valence electrons. The highest BCUT2D eigenvalue weighted by molar-refractivity contribution is 7.98. The normalized spacial score (nSPS) is 12.2. The van der Waals surface area contributed by atoms with Crippen LogP contribution in [0, 0.1) is 0 Å². The number of aromatic nitrogens is 2. The first-order valence-corrected chi connectivity index (χ1v) is 14.9. The number of rotatable bonds is 4. The van der Waals surface area contributed by atoms with E-state index in [1.807, 2.05) is 11.8 Å². The summed E-state index contributed by atoms with van der Waals surface area (Å²) in [6, 6.07) is 52.4. The van der Waals surface area contributed by atoms with Crippen molar-refractivity contribution < 1.29 is 0 Å². The van der Waals surface area contributed by atoms with Crippen molar-refractivity contribution in [2.75, 3.05) is 0 Å². The van der Waals surface area contributed by atoms with Crippen LogP contribution in [-0.4, -0.2) is 9.55 Å². The summed E-state index contributed by atoms with van der Waals surface area (Å²) in [5.74, 6) is 1.99. The lowest BCUT2D eigenvalue weighted by Gasteiger charge is -2.20. The standard InChI is InChI=1S/C38H26N2S/c1-3-11-26(12-4-1)31-17-10-18-32(27-13-5-2-6-14-27)38(31)30-16-9-15-28(23-30)29-21-22-36-35(24-29)40-34-20-8-7-19-33(34)39-37(40)25-41-36/h1-24H,25H2. The minimum Gasteiger partial charge on any atom is -0.294 e. The summed E-state index contributed by atoms with van der Waals surface area (Å²) in [5.41, 5.74) is 13.2. The van der Waals surface area contributed by atoms with Crippen molar-refractivity contribution in [3.63, 3.8) is 0 Å². The number of hydrogen-bond acceptors (Lipinski definition) is 2. The number of thioether (sulfide) groups is 1. The van der Waals surface area contributed by atoms with Crippen LogP contribution in [0.25, 0.3) is 61.2 Å². The average molecular weight is 543 g/mol. The fraction of sp³-hybridized carbons (Fsp3) is 0.0263. The highest BCUT2D eigenvalue weighted by atomic mass is 32.2. The lowest BCUT2D eigenvalue weighted by atomic mass is 9.86. The second-order valence-electron chi connectivity index (χ2n) is 10.4. The molecule has 0 bridgehead atoms. The molecular formula is C38H26N2S. The van der Waals surface area contributed by atoms with Crippen molar-refractivity contribution in [3.8, 4) is 50.2 Å². The maximum absolute atomic E-state index is 4.93. The molecule has 0 atom stereocenters. The zero-order valence-corrected chi connectivity index (χ0v) is 23.2. The van der Waals surface area contributed by atoms with E-state index in [0.717, 1.165) is 17.1 Å². The summed E-state index contributed by atoms with van der Waals surface area (Å²) >= 11 is 1.87. The molecule has 1 aliphatic rings. The molecule has 0 aliphatic carbocycles. The second-order valence-corrected chi connectivity index (χ2v) is 11.4. The predicted molar refractivity (Wildman–Crippen MR) is 172 cm³/mol. The van der Waals surface area contributed by atoms with E-state index in [1.54, 1.807) is 0 Å². The van der Waals surface area contributed by atoms with E-state index in [2.05, 4.69) is 150 Å². The molecule has 0 saturated heterocycles. The SMILES string of the molecule is c1ccc(-c2cccc(-c3ccccc3)c2-c2cccc(-c3ccc4c(c3)-n3c(nc5ccccc53)CS4)c2)cc1. The van der Waals surface area contributed by atoms with Gasteiger partial charge in [-0.3, -0.25) is 4.57 Å². The molecule has 2 heterocycles. The van der Waals surface area contributed by atoms with Crippen LogP contribution in [0.1, 0.15) is 5.82 Å². The van der Waals surface area contributed by atoms with E-state index in [1.165, 1.54) is 60.6 Å². The Morgan fingerprint density at radius 2 is 1.12 bits per heavy atom. The Kier molecular flexibility index (Phi) is 5.82. The van der Waals surface area contributed by atoms with Gasteiger partial charge in [-0.15, -0.1) is 11.8 Å². The third-order valence-electron chi connectivity index (χ3n) is 7.91. The van der Waals surface area contributed by atoms with Crippen LogP contribution in [0.15, 0.2) is 150 Å². The molecule has 0 radical (unpaired) electrons. The summed E-state index contributed by atoms with van der Waals surface area (Å²) in [6.45, 7) is 0. The van der Waals surface area contributed by atoms with Crippen LogP contribution in [0.5, 0.6) is 0 Å².